The Morgan fingerprint density at radius 3 is 1.77 bits per heavy atom. The van der Waals surface area contributed by atoms with Crippen LogP contribution in [0.2, 0.25) is 0 Å². The van der Waals surface area contributed by atoms with Crippen molar-refractivity contribution in [1.29, 1.82) is 5.26 Å². The third kappa shape index (κ3) is 5.18. The molecule has 0 heterocycles. The standard InChI is InChI=1S/C9H14N.CHNS/c1-10(2,3)9-7-5-4-6-8-9;2-1-3/h4-8H,1-3H3;3H/q+1;/p-1. The van der Waals surface area contributed by atoms with Crippen LogP contribution in [0.4, 0.5) is 5.69 Å². The lowest BCUT2D eigenvalue weighted by molar-refractivity contribution is 0.486. The fraction of sp³-hybridized carbons (Fsp3) is 0.300. The van der Waals surface area contributed by atoms with E-state index in [1.54, 1.807) is 0 Å². The van der Waals surface area contributed by atoms with Gasteiger partial charge in [-0.3, -0.25) is 4.48 Å². The molecule has 3 heteroatoms. The smallest absolute Gasteiger partial charge is 0.132 e. The molecular weight excluding hydrogens is 180 g/mol. The maximum Gasteiger partial charge on any atom is 0.132 e. The van der Waals surface area contributed by atoms with Gasteiger partial charge in [-0.15, -0.1) is 0 Å². The van der Waals surface area contributed by atoms with E-state index in [1.165, 1.54) is 11.1 Å². The fourth-order valence-corrected chi connectivity index (χ4v) is 0.875. The molecule has 0 fully saturated rings. The Labute approximate surface area is 85.4 Å². The Balaban J connectivity index is 0.000000424. The van der Waals surface area contributed by atoms with Crippen LogP contribution in [0.5, 0.6) is 0 Å². The van der Waals surface area contributed by atoms with Gasteiger partial charge in [0.1, 0.15) is 5.69 Å². The predicted molar refractivity (Wildman–Crippen MR) is 59.0 cm³/mol. The topological polar surface area (TPSA) is 23.8 Å². The Kier molecular flexibility index (Phi) is 5.05. The van der Waals surface area contributed by atoms with E-state index in [0.717, 1.165) is 4.48 Å². The van der Waals surface area contributed by atoms with Crippen molar-refractivity contribution in [3.05, 3.63) is 30.3 Å². The van der Waals surface area contributed by atoms with Gasteiger partial charge < -0.3 is 12.6 Å². The van der Waals surface area contributed by atoms with Crippen molar-refractivity contribution in [2.45, 2.75) is 0 Å². The van der Waals surface area contributed by atoms with E-state index in [0.29, 0.717) is 0 Å². The van der Waals surface area contributed by atoms with Crippen LogP contribution in [0, 0.1) is 10.7 Å². The summed E-state index contributed by atoms with van der Waals surface area (Å²) in [5.74, 6) is 0. The molecule has 0 aromatic heterocycles. The summed E-state index contributed by atoms with van der Waals surface area (Å²) in [5, 5.41) is 8.47. The van der Waals surface area contributed by atoms with Gasteiger partial charge in [-0.25, -0.2) is 5.26 Å². The average Bonchev–Trinajstić information content (AvgIpc) is 2.06. The van der Waals surface area contributed by atoms with Crippen molar-refractivity contribution >= 4 is 18.3 Å². The van der Waals surface area contributed by atoms with Crippen LogP contribution in [-0.2, 0) is 12.6 Å². The molecule has 0 radical (unpaired) electrons. The summed E-state index contributed by atoms with van der Waals surface area (Å²) in [6.45, 7) is 0. The van der Waals surface area contributed by atoms with Crippen molar-refractivity contribution in [1.82, 2.24) is 4.48 Å². The molecule has 0 saturated carbocycles. The highest BCUT2D eigenvalue weighted by atomic mass is 32.1. The second-order valence-electron chi connectivity index (χ2n) is 3.44. The molecule has 13 heavy (non-hydrogen) atoms. The van der Waals surface area contributed by atoms with Crippen LogP contribution in [0.3, 0.4) is 0 Å². The van der Waals surface area contributed by atoms with Crippen molar-refractivity contribution in [2.24, 2.45) is 0 Å². The first kappa shape index (κ1) is 11.9. The molecule has 1 rings (SSSR count). The Morgan fingerprint density at radius 1 is 1.15 bits per heavy atom. The van der Waals surface area contributed by atoms with Gasteiger partial charge >= 0.3 is 0 Å². The summed E-state index contributed by atoms with van der Waals surface area (Å²) in [7, 11) is 6.49. The third-order valence-corrected chi connectivity index (χ3v) is 1.53. The van der Waals surface area contributed by atoms with E-state index in [9.17, 15) is 0 Å². The fourth-order valence-electron chi connectivity index (χ4n) is 0.875. The van der Waals surface area contributed by atoms with Crippen LogP contribution in [0.15, 0.2) is 30.3 Å². The number of hydrogen-bond donors (Lipinski definition) is 0. The van der Waals surface area contributed by atoms with Gasteiger partial charge in [-0.1, -0.05) is 23.6 Å². The summed E-state index contributed by atoms with van der Waals surface area (Å²) >= 11 is 3.70. The van der Waals surface area contributed by atoms with E-state index >= 15 is 0 Å². The molecule has 0 aliphatic carbocycles. The molecule has 0 bridgehead atoms. The highest BCUT2D eigenvalue weighted by Crippen LogP contribution is 2.14. The van der Waals surface area contributed by atoms with Crippen LogP contribution in [0.1, 0.15) is 0 Å². The predicted octanol–water partition coefficient (Wildman–Crippen LogP) is 1.90. The molecule has 0 N–H and O–H groups in total. The van der Waals surface area contributed by atoms with E-state index in [4.69, 9.17) is 5.26 Å². The minimum absolute atomic E-state index is 0.890. The molecule has 0 unspecified atom stereocenters. The SMILES string of the molecule is C[N+](C)(C)c1ccccc1.N#C[S-]. The Hall–Kier alpha value is -1.11. The summed E-state index contributed by atoms with van der Waals surface area (Å²) in [5.41, 5.74) is 1.34. The highest BCUT2D eigenvalue weighted by Gasteiger charge is 2.08. The first-order valence-electron chi connectivity index (χ1n) is 3.90. The second-order valence-corrected chi connectivity index (χ2v) is 3.62. The zero-order chi connectivity index (χ0) is 10.3. The first-order valence-corrected chi connectivity index (χ1v) is 4.31. The highest BCUT2D eigenvalue weighted by molar-refractivity contribution is 7.64. The lowest BCUT2D eigenvalue weighted by Gasteiger charge is -2.22. The van der Waals surface area contributed by atoms with Gasteiger partial charge in [0.05, 0.1) is 21.1 Å². The van der Waals surface area contributed by atoms with Crippen LogP contribution < -0.4 is 4.48 Å². The molecule has 0 aliphatic heterocycles. The summed E-state index contributed by atoms with van der Waals surface area (Å²) in [4.78, 5) is 0. The number of hydrogen-bond acceptors (Lipinski definition) is 2. The van der Waals surface area contributed by atoms with Gasteiger partial charge in [0.15, 0.2) is 0 Å². The maximum absolute atomic E-state index is 7.13. The maximum atomic E-state index is 7.13. The lowest BCUT2D eigenvalue weighted by Crippen LogP contribution is -2.34. The lowest BCUT2D eigenvalue weighted by atomic mass is 10.3. The number of nitriles is 1. The quantitative estimate of drug-likeness (QED) is 0.387. The molecule has 0 aliphatic rings. The number of benzene rings is 1. The molecule has 1 aromatic rings. The normalized spacial score (nSPS) is 9.38. The summed E-state index contributed by atoms with van der Waals surface area (Å²) in [6.07, 6.45) is 0. The van der Waals surface area contributed by atoms with Crippen molar-refractivity contribution in [3.63, 3.8) is 0 Å². The molecule has 2 nitrogen and oxygen atoms in total. The molecule has 0 atom stereocenters. The molecular formula is C10H14N2S. The number of para-hydroxylation sites is 1. The third-order valence-electron chi connectivity index (χ3n) is 1.53. The summed E-state index contributed by atoms with van der Waals surface area (Å²) < 4.78 is 0.890. The average molecular weight is 194 g/mol. The van der Waals surface area contributed by atoms with E-state index < -0.39 is 0 Å². The van der Waals surface area contributed by atoms with Crippen molar-refractivity contribution < 1.29 is 0 Å². The number of quaternary nitrogens is 1. The number of thiocyanates is 1. The second kappa shape index (κ2) is 5.52. The molecule has 1 aromatic carbocycles. The molecule has 0 spiro atoms. The van der Waals surface area contributed by atoms with Gasteiger partial charge in [0, 0.05) is 0 Å². The minimum atomic E-state index is 0.890. The van der Waals surface area contributed by atoms with Crippen LogP contribution >= 0.6 is 0 Å². The van der Waals surface area contributed by atoms with E-state index in [1.807, 2.05) is 6.07 Å². The number of nitrogens with zero attached hydrogens (tertiary/aromatic N) is 2. The monoisotopic (exact) mass is 194 g/mol. The van der Waals surface area contributed by atoms with Gasteiger partial charge in [0.25, 0.3) is 0 Å². The van der Waals surface area contributed by atoms with E-state index in [2.05, 4.69) is 58.0 Å². The minimum Gasteiger partial charge on any atom is -0.696 e. The van der Waals surface area contributed by atoms with Crippen molar-refractivity contribution in [2.75, 3.05) is 21.1 Å². The van der Waals surface area contributed by atoms with Crippen molar-refractivity contribution in [3.8, 4) is 5.40 Å². The zero-order valence-electron chi connectivity index (χ0n) is 8.19. The summed E-state index contributed by atoms with van der Waals surface area (Å²) in [6, 6.07) is 10.5. The number of rotatable bonds is 1. The largest absolute Gasteiger partial charge is 0.696 e. The molecule has 0 saturated heterocycles. The zero-order valence-corrected chi connectivity index (χ0v) is 9.01. The van der Waals surface area contributed by atoms with Gasteiger partial charge in [-0.05, 0) is 12.1 Å². The Bertz CT molecular complexity index is 269. The Morgan fingerprint density at radius 2 is 1.54 bits per heavy atom. The van der Waals surface area contributed by atoms with E-state index in [-0.39, 0.29) is 0 Å². The molecule has 70 valence electrons. The molecule has 0 amide bonds. The first-order chi connectivity index (χ1) is 6.02. The van der Waals surface area contributed by atoms with Crippen LogP contribution in [-0.4, -0.2) is 21.1 Å². The van der Waals surface area contributed by atoms with Gasteiger partial charge in [-0.2, -0.15) is 0 Å². The van der Waals surface area contributed by atoms with Gasteiger partial charge in [0.2, 0.25) is 0 Å². The van der Waals surface area contributed by atoms with Crippen LogP contribution in [0.25, 0.3) is 0 Å².